The molecule has 0 bridgehead atoms. The number of aryl methyl sites for hydroxylation is 1. The van der Waals surface area contributed by atoms with Crippen molar-refractivity contribution in [2.45, 2.75) is 32.7 Å². The molecular weight excluding hydrogens is 152 g/mol. The molecule has 1 rings (SSSR count). The summed E-state index contributed by atoms with van der Waals surface area (Å²) in [5.41, 5.74) is 5.56. The molecule has 0 aromatic carbocycles. The molecular formula is C8H16N4. The van der Waals surface area contributed by atoms with Crippen LogP contribution in [0.15, 0.2) is 6.33 Å². The Bertz CT molecular complexity index is 251. The van der Waals surface area contributed by atoms with Crippen LogP contribution >= 0.6 is 0 Å². The molecule has 0 aliphatic carbocycles. The molecule has 1 aromatic rings. The van der Waals surface area contributed by atoms with Crippen LogP contribution in [0, 0.1) is 0 Å². The Hall–Kier alpha value is -0.900. The van der Waals surface area contributed by atoms with E-state index < -0.39 is 0 Å². The smallest absolute Gasteiger partial charge is 0.138 e. The van der Waals surface area contributed by atoms with Gasteiger partial charge >= 0.3 is 0 Å². The molecule has 0 aliphatic rings. The summed E-state index contributed by atoms with van der Waals surface area (Å²) in [6.07, 6.45) is 1.58. The highest BCUT2D eigenvalue weighted by Gasteiger charge is 2.23. The molecule has 0 spiro atoms. The van der Waals surface area contributed by atoms with Gasteiger partial charge in [-0.3, -0.25) is 0 Å². The van der Waals surface area contributed by atoms with Gasteiger partial charge in [0.25, 0.3) is 0 Å². The van der Waals surface area contributed by atoms with Gasteiger partial charge in [0.2, 0.25) is 0 Å². The van der Waals surface area contributed by atoms with Crippen LogP contribution in [-0.2, 0) is 12.0 Å². The molecule has 0 radical (unpaired) electrons. The monoisotopic (exact) mass is 168 g/mol. The fourth-order valence-electron chi connectivity index (χ4n) is 1.11. The van der Waals surface area contributed by atoms with Crippen LogP contribution in [-0.4, -0.2) is 21.3 Å². The molecule has 12 heavy (non-hydrogen) atoms. The average Bonchev–Trinajstić information content (AvgIpc) is 2.52. The Labute approximate surface area is 72.8 Å². The third kappa shape index (κ3) is 1.48. The lowest BCUT2D eigenvalue weighted by molar-refractivity contribution is 0.455. The van der Waals surface area contributed by atoms with Crippen LogP contribution < -0.4 is 5.73 Å². The number of hydrogen-bond acceptors (Lipinski definition) is 3. The number of aromatic nitrogens is 3. The Morgan fingerprint density at radius 2 is 2.25 bits per heavy atom. The summed E-state index contributed by atoms with van der Waals surface area (Å²) < 4.78 is 1.88. The van der Waals surface area contributed by atoms with Gasteiger partial charge in [-0.1, -0.05) is 13.8 Å². The zero-order valence-corrected chi connectivity index (χ0v) is 7.91. The number of rotatable bonds is 3. The van der Waals surface area contributed by atoms with E-state index >= 15 is 0 Å². The highest BCUT2D eigenvalue weighted by molar-refractivity contribution is 5.03. The second kappa shape index (κ2) is 3.23. The number of hydrogen-bond donors (Lipinski definition) is 1. The maximum atomic E-state index is 5.64. The van der Waals surface area contributed by atoms with Crippen molar-refractivity contribution in [2.75, 3.05) is 6.54 Å². The molecule has 2 N–H and O–H groups in total. The molecule has 1 heterocycles. The van der Waals surface area contributed by atoms with Gasteiger partial charge in [-0.05, 0) is 6.92 Å². The van der Waals surface area contributed by atoms with E-state index in [9.17, 15) is 0 Å². The zero-order valence-electron chi connectivity index (χ0n) is 7.91. The topological polar surface area (TPSA) is 56.7 Å². The lowest BCUT2D eigenvalue weighted by atomic mass is 9.93. The van der Waals surface area contributed by atoms with Gasteiger partial charge in [0.1, 0.15) is 12.2 Å². The van der Waals surface area contributed by atoms with Crippen LogP contribution in [0.2, 0.25) is 0 Å². The van der Waals surface area contributed by atoms with E-state index in [0.717, 1.165) is 12.4 Å². The molecule has 0 fully saturated rings. The molecule has 0 amide bonds. The van der Waals surface area contributed by atoms with Gasteiger partial charge in [-0.15, -0.1) is 0 Å². The second-order valence-corrected chi connectivity index (χ2v) is 3.49. The molecule has 0 aliphatic heterocycles. The number of nitrogens with zero attached hydrogens (tertiary/aromatic N) is 3. The van der Waals surface area contributed by atoms with Crippen molar-refractivity contribution in [2.24, 2.45) is 5.73 Å². The summed E-state index contributed by atoms with van der Waals surface area (Å²) in [5, 5.41) is 4.10. The normalized spacial score (nSPS) is 12.0. The quantitative estimate of drug-likeness (QED) is 0.716. The van der Waals surface area contributed by atoms with Crippen LogP contribution in [0.4, 0.5) is 0 Å². The first-order chi connectivity index (χ1) is 5.61. The lowest BCUT2D eigenvalue weighted by Gasteiger charge is -2.21. The predicted molar refractivity (Wildman–Crippen MR) is 47.8 cm³/mol. The third-order valence-corrected chi connectivity index (χ3v) is 2.03. The molecule has 0 saturated carbocycles. The highest BCUT2D eigenvalue weighted by Crippen LogP contribution is 2.18. The molecule has 4 nitrogen and oxygen atoms in total. The van der Waals surface area contributed by atoms with Gasteiger partial charge in [0, 0.05) is 18.5 Å². The van der Waals surface area contributed by atoms with Crippen LogP contribution in [0.25, 0.3) is 0 Å². The molecule has 4 heteroatoms. The van der Waals surface area contributed by atoms with Crippen molar-refractivity contribution < 1.29 is 0 Å². The number of nitrogens with two attached hydrogens (primary N) is 1. The summed E-state index contributed by atoms with van der Waals surface area (Å²) >= 11 is 0. The first-order valence-corrected chi connectivity index (χ1v) is 4.20. The third-order valence-electron chi connectivity index (χ3n) is 2.03. The zero-order chi connectivity index (χ0) is 9.19. The summed E-state index contributed by atoms with van der Waals surface area (Å²) in [6.45, 7) is 7.63. The summed E-state index contributed by atoms with van der Waals surface area (Å²) in [7, 11) is 0. The van der Waals surface area contributed by atoms with Gasteiger partial charge in [0.15, 0.2) is 0 Å². The van der Waals surface area contributed by atoms with E-state index in [4.69, 9.17) is 5.73 Å². The van der Waals surface area contributed by atoms with E-state index in [1.54, 1.807) is 6.33 Å². The van der Waals surface area contributed by atoms with Crippen molar-refractivity contribution in [3.63, 3.8) is 0 Å². The minimum Gasteiger partial charge on any atom is -0.329 e. The molecule has 68 valence electrons. The van der Waals surface area contributed by atoms with Gasteiger partial charge < -0.3 is 5.73 Å². The van der Waals surface area contributed by atoms with Crippen LogP contribution in [0.5, 0.6) is 0 Å². The standard InChI is InChI=1S/C8H16N4/c1-4-12-7(10-6-11-12)8(2,3)5-9/h6H,4-5,9H2,1-3H3. The minimum atomic E-state index is -0.0769. The minimum absolute atomic E-state index is 0.0769. The van der Waals surface area contributed by atoms with Gasteiger partial charge in [-0.25, -0.2) is 9.67 Å². The Kier molecular flexibility index (Phi) is 2.47. The second-order valence-electron chi connectivity index (χ2n) is 3.49. The van der Waals surface area contributed by atoms with Crippen LogP contribution in [0.3, 0.4) is 0 Å². The fraction of sp³-hybridized carbons (Fsp3) is 0.750. The van der Waals surface area contributed by atoms with Crippen molar-refractivity contribution in [3.05, 3.63) is 12.2 Å². The molecule has 0 saturated heterocycles. The van der Waals surface area contributed by atoms with E-state index in [0.29, 0.717) is 6.54 Å². The Balaban J connectivity index is 3.00. The van der Waals surface area contributed by atoms with Gasteiger partial charge in [-0.2, -0.15) is 5.10 Å². The first-order valence-electron chi connectivity index (χ1n) is 4.20. The van der Waals surface area contributed by atoms with Crippen molar-refractivity contribution >= 4 is 0 Å². The highest BCUT2D eigenvalue weighted by atomic mass is 15.3. The maximum absolute atomic E-state index is 5.64. The molecule has 0 atom stereocenters. The maximum Gasteiger partial charge on any atom is 0.138 e. The van der Waals surface area contributed by atoms with Crippen molar-refractivity contribution in [1.29, 1.82) is 0 Å². The SMILES string of the molecule is CCn1ncnc1C(C)(C)CN. The largest absolute Gasteiger partial charge is 0.329 e. The predicted octanol–water partition coefficient (Wildman–Crippen LogP) is 0.534. The molecule has 1 aromatic heterocycles. The van der Waals surface area contributed by atoms with E-state index in [1.165, 1.54) is 0 Å². The van der Waals surface area contributed by atoms with Crippen molar-refractivity contribution in [3.8, 4) is 0 Å². The van der Waals surface area contributed by atoms with E-state index in [1.807, 2.05) is 11.6 Å². The fourth-order valence-corrected chi connectivity index (χ4v) is 1.11. The van der Waals surface area contributed by atoms with Gasteiger partial charge in [0.05, 0.1) is 0 Å². The summed E-state index contributed by atoms with van der Waals surface area (Å²) in [6, 6.07) is 0. The average molecular weight is 168 g/mol. The lowest BCUT2D eigenvalue weighted by Crippen LogP contribution is -2.31. The van der Waals surface area contributed by atoms with E-state index in [2.05, 4.69) is 23.9 Å². The van der Waals surface area contributed by atoms with E-state index in [-0.39, 0.29) is 5.41 Å². The van der Waals surface area contributed by atoms with Crippen molar-refractivity contribution in [1.82, 2.24) is 14.8 Å². The molecule has 0 unspecified atom stereocenters. The first kappa shape index (κ1) is 9.19. The summed E-state index contributed by atoms with van der Waals surface area (Å²) in [4.78, 5) is 4.20. The Morgan fingerprint density at radius 1 is 1.58 bits per heavy atom. The summed E-state index contributed by atoms with van der Waals surface area (Å²) in [5.74, 6) is 0.965. The Morgan fingerprint density at radius 3 is 2.75 bits per heavy atom. The van der Waals surface area contributed by atoms with Crippen LogP contribution in [0.1, 0.15) is 26.6 Å².